The molecule has 2 aromatic heterocycles. The number of benzene rings is 1. The molecule has 0 spiro atoms. The number of rotatable bonds is 8. The normalized spacial score (nSPS) is 11.1. The monoisotopic (exact) mass is 510 g/mol. The fourth-order valence-electron chi connectivity index (χ4n) is 2.75. The summed E-state index contributed by atoms with van der Waals surface area (Å²) in [6, 6.07) is 8.56. The van der Waals surface area contributed by atoms with Crippen LogP contribution in [0.4, 0.5) is 0 Å². The standard InChI is InChI=1S/C20H26N6S.HI/c1-3-18-13-24-19(27-18)7-8-23-20(21-2)25-12-16-5-4-6-17(11-16)14-26-10-9-22-15-26;/h4-6,9-11,13,15H,3,7-8,12,14H2,1-2H3,(H2,21,23,25);1H. The zero-order valence-corrected chi connectivity index (χ0v) is 19.4. The van der Waals surface area contributed by atoms with Gasteiger partial charge < -0.3 is 15.2 Å². The van der Waals surface area contributed by atoms with E-state index >= 15 is 0 Å². The molecule has 28 heavy (non-hydrogen) atoms. The largest absolute Gasteiger partial charge is 0.356 e. The number of nitrogens with zero attached hydrogens (tertiary/aromatic N) is 4. The van der Waals surface area contributed by atoms with Crippen LogP contribution in [0, 0.1) is 0 Å². The molecule has 3 rings (SSSR count). The van der Waals surface area contributed by atoms with Crippen molar-refractivity contribution in [1.29, 1.82) is 0 Å². The van der Waals surface area contributed by atoms with E-state index in [1.54, 1.807) is 24.6 Å². The smallest absolute Gasteiger partial charge is 0.191 e. The lowest BCUT2D eigenvalue weighted by Crippen LogP contribution is -2.37. The predicted octanol–water partition coefficient (Wildman–Crippen LogP) is 3.48. The third-order valence-corrected chi connectivity index (χ3v) is 5.38. The van der Waals surface area contributed by atoms with Gasteiger partial charge >= 0.3 is 0 Å². The highest BCUT2D eigenvalue weighted by Gasteiger charge is 2.03. The Morgan fingerprint density at radius 3 is 2.82 bits per heavy atom. The highest BCUT2D eigenvalue weighted by atomic mass is 127. The third-order valence-electron chi connectivity index (χ3n) is 4.18. The van der Waals surface area contributed by atoms with Crippen LogP contribution in [-0.2, 0) is 25.9 Å². The first-order chi connectivity index (χ1) is 13.3. The van der Waals surface area contributed by atoms with E-state index in [2.05, 4.69) is 61.4 Å². The van der Waals surface area contributed by atoms with Gasteiger partial charge in [0.1, 0.15) is 0 Å². The number of aliphatic imine (C=N–C) groups is 1. The van der Waals surface area contributed by atoms with E-state index in [-0.39, 0.29) is 24.0 Å². The number of aryl methyl sites for hydroxylation is 1. The van der Waals surface area contributed by atoms with Crippen LogP contribution in [0.5, 0.6) is 0 Å². The SMILES string of the molecule is CCc1cnc(CCNC(=NC)NCc2cccc(Cn3ccnc3)c2)s1.I. The van der Waals surface area contributed by atoms with Crippen LogP contribution in [0.1, 0.15) is 27.9 Å². The summed E-state index contributed by atoms with van der Waals surface area (Å²) in [6.07, 6.45) is 9.55. The summed E-state index contributed by atoms with van der Waals surface area (Å²) >= 11 is 1.79. The van der Waals surface area contributed by atoms with Crippen molar-refractivity contribution in [3.63, 3.8) is 0 Å². The van der Waals surface area contributed by atoms with Crippen LogP contribution in [0.3, 0.4) is 0 Å². The van der Waals surface area contributed by atoms with Crippen molar-refractivity contribution in [3.8, 4) is 0 Å². The van der Waals surface area contributed by atoms with E-state index < -0.39 is 0 Å². The van der Waals surface area contributed by atoms with E-state index in [1.807, 2.05) is 18.7 Å². The van der Waals surface area contributed by atoms with Crippen LogP contribution in [-0.4, -0.2) is 34.1 Å². The van der Waals surface area contributed by atoms with Gasteiger partial charge in [-0.25, -0.2) is 9.97 Å². The summed E-state index contributed by atoms with van der Waals surface area (Å²) in [5.41, 5.74) is 2.48. The summed E-state index contributed by atoms with van der Waals surface area (Å²) in [5, 5.41) is 7.91. The number of hydrogen-bond donors (Lipinski definition) is 2. The Morgan fingerprint density at radius 1 is 1.25 bits per heavy atom. The maximum Gasteiger partial charge on any atom is 0.191 e. The first-order valence-corrected chi connectivity index (χ1v) is 10.00. The topological polar surface area (TPSA) is 67.1 Å². The molecular weight excluding hydrogens is 483 g/mol. The lowest BCUT2D eigenvalue weighted by atomic mass is 10.1. The molecule has 150 valence electrons. The maximum absolute atomic E-state index is 4.46. The Bertz CT molecular complexity index is 859. The van der Waals surface area contributed by atoms with Crippen molar-refractivity contribution in [3.05, 3.63) is 70.2 Å². The number of nitrogens with one attached hydrogen (secondary N) is 2. The molecule has 1 aromatic carbocycles. The highest BCUT2D eigenvalue weighted by molar-refractivity contribution is 14.0. The second-order valence-corrected chi connectivity index (χ2v) is 7.43. The molecule has 0 radical (unpaired) electrons. The Hall–Kier alpha value is -1.94. The molecule has 0 saturated carbocycles. The molecule has 0 saturated heterocycles. The quantitative estimate of drug-likeness (QED) is 0.277. The molecule has 0 aliphatic heterocycles. The molecular formula is C20H27IN6S. The first-order valence-electron chi connectivity index (χ1n) is 9.18. The van der Waals surface area contributed by atoms with Crippen LogP contribution in [0.2, 0.25) is 0 Å². The van der Waals surface area contributed by atoms with Gasteiger partial charge in [-0.2, -0.15) is 0 Å². The molecule has 6 nitrogen and oxygen atoms in total. The van der Waals surface area contributed by atoms with Crippen molar-refractivity contribution in [2.45, 2.75) is 32.9 Å². The lowest BCUT2D eigenvalue weighted by Gasteiger charge is -2.12. The van der Waals surface area contributed by atoms with Gasteiger partial charge in [0.15, 0.2) is 5.96 Å². The lowest BCUT2D eigenvalue weighted by molar-refractivity contribution is 0.781. The zero-order valence-electron chi connectivity index (χ0n) is 16.3. The molecule has 0 atom stereocenters. The Balaban J connectivity index is 0.00000280. The summed E-state index contributed by atoms with van der Waals surface area (Å²) in [5.74, 6) is 0.808. The van der Waals surface area contributed by atoms with Crippen molar-refractivity contribution >= 4 is 41.3 Å². The fraction of sp³-hybridized carbons (Fsp3) is 0.350. The van der Waals surface area contributed by atoms with Crippen molar-refractivity contribution < 1.29 is 0 Å². The molecule has 3 aromatic rings. The summed E-state index contributed by atoms with van der Waals surface area (Å²) in [4.78, 5) is 14.2. The molecule has 0 aliphatic rings. The predicted molar refractivity (Wildman–Crippen MR) is 127 cm³/mol. The van der Waals surface area contributed by atoms with Crippen LogP contribution < -0.4 is 10.6 Å². The van der Waals surface area contributed by atoms with Gasteiger partial charge in [-0.1, -0.05) is 31.2 Å². The van der Waals surface area contributed by atoms with Crippen LogP contribution in [0.15, 0.2) is 54.2 Å². The molecule has 0 amide bonds. The van der Waals surface area contributed by atoms with Crippen molar-refractivity contribution in [1.82, 2.24) is 25.2 Å². The van der Waals surface area contributed by atoms with Gasteiger partial charge in [-0.15, -0.1) is 35.3 Å². The van der Waals surface area contributed by atoms with E-state index in [4.69, 9.17) is 0 Å². The van der Waals surface area contributed by atoms with Gasteiger partial charge in [0.05, 0.1) is 11.3 Å². The van der Waals surface area contributed by atoms with Gasteiger partial charge in [0, 0.05) is 56.6 Å². The third kappa shape index (κ3) is 6.90. The Labute approximate surface area is 187 Å². The van der Waals surface area contributed by atoms with Crippen LogP contribution in [0.25, 0.3) is 0 Å². The summed E-state index contributed by atoms with van der Waals surface area (Å²) in [7, 11) is 1.80. The molecule has 0 bridgehead atoms. The first kappa shape index (κ1) is 22.4. The van der Waals surface area contributed by atoms with E-state index in [9.17, 15) is 0 Å². The fourth-order valence-corrected chi connectivity index (χ4v) is 3.61. The average Bonchev–Trinajstić information content (AvgIpc) is 3.36. The molecule has 8 heteroatoms. The number of aromatic nitrogens is 3. The minimum atomic E-state index is 0. The van der Waals surface area contributed by atoms with Crippen molar-refractivity contribution in [2.75, 3.05) is 13.6 Å². The molecule has 0 aliphatic carbocycles. The van der Waals surface area contributed by atoms with Crippen LogP contribution >= 0.6 is 35.3 Å². The molecule has 2 heterocycles. The number of thiazole rings is 1. The average molecular weight is 510 g/mol. The number of imidazole rings is 1. The summed E-state index contributed by atoms with van der Waals surface area (Å²) < 4.78 is 2.07. The van der Waals surface area contributed by atoms with E-state index in [0.29, 0.717) is 0 Å². The van der Waals surface area contributed by atoms with E-state index in [1.165, 1.54) is 21.0 Å². The Morgan fingerprint density at radius 2 is 2.11 bits per heavy atom. The number of halogens is 1. The van der Waals surface area contributed by atoms with Gasteiger partial charge in [-0.05, 0) is 17.5 Å². The second kappa shape index (κ2) is 11.8. The van der Waals surface area contributed by atoms with Gasteiger partial charge in [-0.3, -0.25) is 4.99 Å². The Kier molecular flexibility index (Phi) is 9.42. The van der Waals surface area contributed by atoms with E-state index in [0.717, 1.165) is 38.4 Å². The number of hydrogen-bond acceptors (Lipinski definition) is 4. The maximum atomic E-state index is 4.46. The molecule has 0 fully saturated rings. The van der Waals surface area contributed by atoms with Crippen molar-refractivity contribution in [2.24, 2.45) is 4.99 Å². The van der Waals surface area contributed by atoms with Gasteiger partial charge in [0.2, 0.25) is 0 Å². The minimum absolute atomic E-state index is 0. The van der Waals surface area contributed by atoms with Gasteiger partial charge in [0.25, 0.3) is 0 Å². The second-order valence-electron chi connectivity index (χ2n) is 6.23. The minimum Gasteiger partial charge on any atom is -0.356 e. The highest BCUT2D eigenvalue weighted by Crippen LogP contribution is 2.13. The molecule has 0 unspecified atom stereocenters. The summed E-state index contributed by atoms with van der Waals surface area (Å²) in [6.45, 7) is 4.53. The number of guanidine groups is 1. The molecule has 2 N–H and O–H groups in total. The zero-order chi connectivity index (χ0) is 18.9.